The van der Waals surface area contributed by atoms with Crippen molar-refractivity contribution in [2.24, 2.45) is 0 Å². The van der Waals surface area contributed by atoms with Crippen molar-refractivity contribution in [2.45, 2.75) is 6.18 Å². The largest absolute Gasteiger partial charge is 0.478 e. The maximum atomic E-state index is 12.7. The van der Waals surface area contributed by atoms with E-state index in [0.717, 1.165) is 12.1 Å². The Labute approximate surface area is 101 Å². The van der Waals surface area contributed by atoms with Gasteiger partial charge in [0.1, 0.15) is 0 Å². The zero-order chi connectivity index (χ0) is 13.1. The second-order valence-electron chi connectivity index (χ2n) is 3.19. The highest BCUT2D eigenvalue weighted by molar-refractivity contribution is 7.80. The molecule has 0 atom stereocenters. The number of thiol groups is 1. The molecule has 0 spiro atoms. The van der Waals surface area contributed by atoms with E-state index >= 15 is 0 Å². The molecule has 0 aliphatic heterocycles. The standard InChI is InChI=1S/C11H9F3O2S/c12-11(13,14)9-6-8(10(15)16)4-3-7(9)2-1-5-17/h1-4,6,17H,5H2,(H,15,16). The first-order valence-electron chi connectivity index (χ1n) is 4.58. The summed E-state index contributed by atoms with van der Waals surface area (Å²) in [6.45, 7) is 0. The molecule has 2 nitrogen and oxygen atoms in total. The summed E-state index contributed by atoms with van der Waals surface area (Å²) in [5, 5.41) is 8.64. The second kappa shape index (κ2) is 5.27. The van der Waals surface area contributed by atoms with Crippen LogP contribution in [0.15, 0.2) is 24.3 Å². The molecular formula is C11H9F3O2S. The van der Waals surface area contributed by atoms with Crippen LogP contribution >= 0.6 is 12.6 Å². The summed E-state index contributed by atoms with van der Waals surface area (Å²) in [5.41, 5.74) is -1.42. The van der Waals surface area contributed by atoms with E-state index in [-0.39, 0.29) is 11.1 Å². The van der Waals surface area contributed by atoms with Crippen LogP contribution in [-0.4, -0.2) is 16.8 Å². The van der Waals surface area contributed by atoms with E-state index in [1.807, 2.05) is 0 Å². The fourth-order valence-corrected chi connectivity index (χ4v) is 1.37. The monoisotopic (exact) mass is 262 g/mol. The van der Waals surface area contributed by atoms with Gasteiger partial charge in [-0.25, -0.2) is 4.79 Å². The van der Waals surface area contributed by atoms with Crippen LogP contribution in [0.5, 0.6) is 0 Å². The van der Waals surface area contributed by atoms with Gasteiger partial charge in [0, 0.05) is 5.75 Å². The Kier molecular flexibility index (Phi) is 4.22. The van der Waals surface area contributed by atoms with Gasteiger partial charge in [-0.2, -0.15) is 25.8 Å². The van der Waals surface area contributed by atoms with E-state index in [0.29, 0.717) is 11.8 Å². The van der Waals surface area contributed by atoms with Crippen LogP contribution in [0.25, 0.3) is 6.08 Å². The Bertz CT molecular complexity index is 453. The van der Waals surface area contributed by atoms with Crippen molar-refractivity contribution in [3.8, 4) is 0 Å². The number of rotatable bonds is 3. The van der Waals surface area contributed by atoms with Crippen molar-refractivity contribution in [3.63, 3.8) is 0 Å². The average molecular weight is 262 g/mol. The van der Waals surface area contributed by atoms with Gasteiger partial charge in [0.2, 0.25) is 0 Å². The van der Waals surface area contributed by atoms with E-state index in [1.165, 1.54) is 12.2 Å². The summed E-state index contributed by atoms with van der Waals surface area (Å²) in [7, 11) is 0. The lowest BCUT2D eigenvalue weighted by atomic mass is 10.0. The van der Waals surface area contributed by atoms with Gasteiger partial charge < -0.3 is 5.11 Å². The summed E-state index contributed by atoms with van der Waals surface area (Å²) >= 11 is 3.85. The van der Waals surface area contributed by atoms with Crippen LogP contribution in [0, 0.1) is 0 Å². The van der Waals surface area contributed by atoms with Gasteiger partial charge in [-0.05, 0) is 17.7 Å². The number of benzene rings is 1. The molecule has 0 aliphatic rings. The molecule has 1 aromatic rings. The van der Waals surface area contributed by atoms with Gasteiger partial charge >= 0.3 is 12.1 Å². The first kappa shape index (κ1) is 13.6. The first-order valence-corrected chi connectivity index (χ1v) is 5.21. The molecule has 0 radical (unpaired) electrons. The molecule has 0 heterocycles. The number of carboxylic acid groups (broad SMARTS) is 1. The van der Waals surface area contributed by atoms with E-state index in [1.54, 1.807) is 0 Å². The van der Waals surface area contributed by atoms with E-state index < -0.39 is 17.7 Å². The minimum absolute atomic E-state index is 0.0726. The third-order valence-corrected chi connectivity index (χ3v) is 2.22. The quantitative estimate of drug-likeness (QED) is 0.820. The fourth-order valence-electron chi connectivity index (χ4n) is 1.26. The number of hydrogen-bond donors (Lipinski definition) is 2. The number of alkyl halides is 3. The minimum atomic E-state index is -4.58. The highest BCUT2D eigenvalue weighted by Crippen LogP contribution is 2.33. The van der Waals surface area contributed by atoms with E-state index in [4.69, 9.17) is 5.11 Å². The Morgan fingerprint density at radius 1 is 1.41 bits per heavy atom. The van der Waals surface area contributed by atoms with Crippen molar-refractivity contribution < 1.29 is 23.1 Å². The van der Waals surface area contributed by atoms with Crippen molar-refractivity contribution >= 4 is 24.7 Å². The van der Waals surface area contributed by atoms with Crippen molar-refractivity contribution in [1.82, 2.24) is 0 Å². The molecule has 0 fully saturated rings. The maximum absolute atomic E-state index is 12.7. The van der Waals surface area contributed by atoms with Crippen LogP contribution in [0.2, 0.25) is 0 Å². The van der Waals surface area contributed by atoms with Crippen molar-refractivity contribution in [2.75, 3.05) is 5.75 Å². The molecule has 0 aliphatic carbocycles. The van der Waals surface area contributed by atoms with Crippen LogP contribution < -0.4 is 0 Å². The molecule has 1 N–H and O–H groups in total. The van der Waals surface area contributed by atoms with Crippen molar-refractivity contribution in [1.29, 1.82) is 0 Å². The zero-order valence-corrected chi connectivity index (χ0v) is 9.42. The molecule has 6 heteroatoms. The van der Waals surface area contributed by atoms with Crippen LogP contribution in [0.1, 0.15) is 21.5 Å². The number of halogens is 3. The predicted molar refractivity (Wildman–Crippen MR) is 61.3 cm³/mol. The normalized spacial score (nSPS) is 12.0. The number of carboxylic acids is 1. The number of carbonyl (C=O) groups is 1. The minimum Gasteiger partial charge on any atom is -0.478 e. The van der Waals surface area contributed by atoms with Gasteiger partial charge in [0.15, 0.2) is 0 Å². The Balaban J connectivity index is 3.32. The molecule has 0 saturated carbocycles. The first-order chi connectivity index (χ1) is 7.86. The summed E-state index contributed by atoms with van der Waals surface area (Å²) < 4.78 is 38.0. The smallest absolute Gasteiger partial charge is 0.417 e. The highest BCUT2D eigenvalue weighted by Gasteiger charge is 2.33. The van der Waals surface area contributed by atoms with Gasteiger partial charge in [-0.15, -0.1) is 0 Å². The third kappa shape index (κ3) is 3.52. The van der Waals surface area contributed by atoms with Crippen molar-refractivity contribution in [3.05, 3.63) is 41.0 Å². The predicted octanol–water partition coefficient (Wildman–Crippen LogP) is 3.35. The van der Waals surface area contributed by atoms with Gasteiger partial charge in [-0.1, -0.05) is 18.2 Å². The molecule has 0 unspecified atom stereocenters. The van der Waals surface area contributed by atoms with Gasteiger partial charge in [0.05, 0.1) is 11.1 Å². The molecule has 0 saturated heterocycles. The molecule has 1 aromatic carbocycles. The lowest BCUT2D eigenvalue weighted by Gasteiger charge is -2.11. The molecular weight excluding hydrogens is 253 g/mol. The molecule has 92 valence electrons. The van der Waals surface area contributed by atoms with Gasteiger partial charge in [-0.3, -0.25) is 0 Å². The maximum Gasteiger partial charge on any atom is 0.417 e. The number of aromatic carboxylic acids is 1. The molecule has 1 rings (SSSR count). The molecule has 0 aromatic heterocycles. The Morgan fingerprint density at radius 2 is 2.06 bits per heavy atom. The SMILES string of the molecule is O=C(O)c1ccc(C=CCS)c(C(F)(F)F)c1. The second-order valence-corrected chi connectivity index (χ2v) is 3.56. The lowest BCUT2D eigenvalue weighted by molar-refractivity contribution is -0.137. The lowest BCUT2D eigenvalue weighted by Crippen LogP contribution is -2.09. The van der Waals surface area contributed by atoms with E-state index in [9.17, 15) is 18.0 Å². The van der Waals surface area contributed by atoms with E-state index in [2.05, 4.69) is 12.6 Å². The van der Waals surface area contributed by atoms with Gasteiger partial charge in [0.25, 0.3) is 0 Å². The molecule has 0 bridgehead atoms. The van der Waals surface area contributed by atoms with Crippen LogP contribution in [0.3, 0.4) is 0 Å². The summed E-state index contributed by atoms with van der Waals surface area (Å²) in [5.74, 6) is -1.09. The average Bonchev–Trinajstić information content (AvgIpc) is 2.24. The van der Waals surface area contributed by atoms with Crippen LogP contribution in [-0.2, 0) is 6.18 Å². The number of hydrogen-bond acceptors (Lipinski definition) is 2. The third-order valence-electron chi connectivity index (χ3n) is 2.01. The zero-order valence-electron chi connectivity index (χ0n) is 8.53. The summed E-state index contributed by atoms with van der Waals surface area (Å²) in [6, 6.07) is 2.89. The fraction of sp³-hybridized carbons (Fsp3) is 0.182. The van der Waals surface area contributed by atoms with Crippen LogP contribution in [0.4, 0.5) is 13.2 Å². The Hall–Kier alpha value is -1.43. The summed E-state index contributed by atoms with van der Waals surface area (Å²) in [4.78, 5) is 10.6. The topological polar surface area (TPSA) is 37.3 Å². The Morgan fingerprint density at radius 3 is 2.53 bits per heavy atom. The molecule has 0 amide bonds. The molecule has 17 heavy (non-hydrogen) atoms. The highest BCUT2D eigenvalue weighted by atomic mass is 32.1. The summed E-state index contributed by atoms with van der Waals surface area (Å²) in [6.07, 6.45) is -1.86.